The minimum atomic E-state index is -0.142. The summed E-state index contributed by atoms with van der Waals surface area (Å²) < 4.78 is 0. The van der Waals surface area contributed by atoms with Crippen LogP contribution >= 0.6 is 11.8 Å². The van der Waals surface area contributed by atoms with Crippen LogP contribution in [0.1, 0.15) is 17.7 Å². The van der Waals surface area contributed by atoms with Crippen LogP contribution in [-0.4, -0.2) is 21.6 Å². The van der Waals surface area contributed by atoms with Crippen molar-refractivity contribution in [3.05, 3.63) is 76.2 Å². The molecule has 0 radical (unpaired) electrons. The molecule has 28 heavy (non-hydrogen) atoms. The number of aromatic amines is 1. The molecule has 0 saturated heterocycles. The Hall–Kier alpha value is -3.06. The molecule has 0 bridgehead atoms. The topological polar surface area (TPSA) is 86.9 Å². The van der Waals surface area contributed by atoms with E-state index >= 15 is 0 Å². The van der Waals surface area contributed by atoms with Crippen LogP contribution < -0.4 is 16.2 Å². The van der Waals surface area contributed by atoms with E-state index in [0.29, 0.717) is 5.16 Å². The number of aryl methyl sites for hydroxylation is 1. The van der Waals surface area contributed by atoms with Crippen molar-refractivity contribution < 1.29 is 4.79 Å². The summed E-state index contributed by atoms with van der Waals surface area (Å²) >= 11 is 1.24. The first-order chi connectivity index (χ1) is 13.7. The van der Waals surface area contributed by atoms with Gasteiger partial charge in [0.2, 0.25) is 5.91 Å². The number of hydrogen-bond acceptors (Lipinski definition) is 5. The lowest BCUT2D eigenvalue weighted by atomic mass is 10.2. The average Bonchev–Trinajstić information content (AvgIpc) is 3.18. The lowest BCUT2D eigenvalue weighted by Gasteiger charge is -2.09. The number of H-pyrrole nitrogens is 1. The van der Waals surface area contributed by atoms with Crippen molar-refractivity contribution in [1.82, 2.24) is 9.97 Å². The molecule has 0 unspecified atom stereocenters. The second-order valence-electron chi connectivity index (χ2n) is 6.56. The van der Waals surface area contributed by atoms with Crippen molar-refractivity contribution in [1.29, 1.82) is 0 Å². The summed E-state index contributed by atoms with van der Waals surface area (Å²) in [5, 5.41) is 6.66. The smallest absolute Gasteiger partial charge is 0.254 e. The fourth-order valence-electron chi connectivity index (χ4n) is 3.14. The molecule has 1 aliphatic rings. The predicted octanol–water partition coefficient (Wildman–Crippen LogP) is 3.73. The minimum Gasteiger partial charge on any atom is -0.356 e. The van der Waals surface area contributed by atoms with Gasteiger partial charge in [0.1, 0.15) is 0 Å². The van der Waals surface area contributed by atoms with Crippen molar-refractivity contribution >= 4 is 34.7 Å². The van der Waals surface area contributed by atoms with Gasteiger partial charge in [0.05, 0.1) is 11.4 Å². The molecule has 1 amide bonds. The van der Waals surface area contributed by atoms with Gasteiger partial charge in [0.25, 0.3) is 5.56 Å². The molecule has 2 aromatic carbocycles. The first-order valence-electron chi connectivity index (χ1n) is 9.14. The number of hydrogen-bond donors (Lipinski definition) is 3. The van der Waals surface area contributed by atoms with Crippen LogP contribution in [0.25, 0.3) is 0 Å². The Labute approximate surface area is 166 Å². The minimum absolute atomic E-state index is 0.0769. The molecule has 3 aromatic rings. The van der Waals surface area contributed by atoms with Crippen molar-refractivity contribution in [3.8, 4) is 0 Å². The molecule has 142 valence electrons. The van der Waals surface area contributed by atoms with E-state index in [4.69, 9.17) is 0 Å². The van der Waals surface area contributed by atoms with Crippen molar-refractivity contribution in [2.45, 2.75) is 24.4 Å². The average molecular weight is 392 g/mol. The fourth-order valence-corrected chi connectivity index (χ4v) is 3.82. The van der Waals surface area contributed by atoms with Gasteiger partial charge in [-0.2, -0.15) is 0 Å². The highest BCUT2D eigenvalue weighted by molar-refractivity contribution is 7.99. The van der Waals surface area contributed by atoms with Gasteiger partial charge in [-0.05, 0) is 55.7 Å². The van der Waals surface area contributed by atoms with Crippen LogP contribution in [0.15, 0.2) is 64.5 Å². The highest BCUT2D eigenvalue weighted by Gasteiger charge is 2.17. The second kappa shape index (κ2) is 8.31. The Morgan fingerprint density at radius 3 is 2.50 bits per heavy atom. The number of benzene rings is 2. The molecular weight excluding hydrogens is 372 g/mol. The van der Waals surface area contributed by atoms with Crippen molar-refractivity contribution in [2.75, 3.05) is 16.4 Å². The zero-order valence-electron chi connectivity index (χ0n) is 15.2. The molecule has 1 aromatic heterocycles. The van der Waals surface area contributed by atoms with Crippen LogP contribution in [0.4, 0.5) is 17.1 Å². The van der Waals surface area contributed by atoms with E-state index in [-0.39, 0.29) is 17.2 Å². The molecule has 0 saturated carbocycles. The number of nitrogens with one attached hydrogen (secondary N) is 3. The summed E-state index contributed by atoms with van der Waals surface area (Å²) in [4.78, 5) is 31.5. The lowest BCUT2D eigenvalue weighted by molar-refractivity contribution is -0.113. The summed E-state index contributed by atoms with van der Waals surface area (Å²) in [7, 11) is 0. The van der Waals surface area contributed by atoms with Crippen molar-refractivity contribution in [2.24, 2.45) is 0 Å². The number of rotatable bonds is 6. The molecule has 7 heteroatoms. The molecule has 0 atom stereocenters. The normalized spacial score (nSPS) is 12.4. The maximum atomic E-state index is 12.2. The number of amides is 1. The standard InChI is InChI=1S/C21H20N4O2S/c26-19(13-28-21-24-18-8-4-7-17(18)20(27)25-21)23-16-11-9-15(10-12-16)22-14-5-2-1-3-6-14/h1-3,5-6,9-12,22H,4,7-8,13H2,(H,23,26)(H,24,25,27). The fraction of sp³-hybridized carbons (Fsp3) is 0.190. The number of carbonyl (C=O) groups excluding carboxylic acids is 1. The lowest BCUT2D eigenvalue weighted by Crippen LogP contribution is -2.17. The maximum absolute atomic E-state index is 12.2. The number of para-hydroxylation sites is 1. The molecule has 0 fully saturated rings. The maximum Gasteiger partial charge on any atom is 0.254 e. The van der Waals surface area contributed by atoms with E-state index in [0.717, 1.165) is 47.6 Å². The summed E-state index contributed by atoms with van der Waals surface area (Å²) in [5.74, 6) is 0.0445. The zero-order chi connectivity index (χ0) is 19.3. The number of anilines is 3. The first kappa shape index (κ1) is 18.3. The quantitative estimate of drug-likeness (QED) is 0.439. The van der Waals surface area contributed by atoms with Crippen LogP contribution in [0, 0.1) is 0 Å². The third kappa shape index (κ3) is 4.43. The SMILES string of the molecule is O=C(CSc1nc2c(c(=O)[nH]1)CCC2)Nc1ccc(Nc2ccccc2)cc1. The van der Waals surface area contributed by atoms with Gasteiger partial charge >= 0.3 is 0 Å². The Balaban J connectivity index is 1.31. The Morgan fingerprint density at radius 2 is 1.71 bits per heavy atom. The van der Waals surface area contributed by atoms with Gasteiger partial charge in [-0.1, -0.05) is 30.0 Å². The molecule has 3 N–H and O–H groups in total. The highest BCUT2D eigenvalue weighted by Crippen LogP contribution is 2.21. The van der Waals surface area contributed by atoms with Crippen LogP contribution in [0.3, 0.4) is 0 Å². The van der Waals surface area contributed by atoms with Crippen LogP contribution in [0.5, 0.6) is 0 Å². The summed E-state index contributed by atoms with van der Waals surface area (Å²) in [6.07, 6.45) is 2.59. The molecule has 1 heterocycles. The summed E-state index contributed by atoms with van der Waals surface area (Å²) in [6, 6.07) is 17.4. The number of nitrogens with zero attached hydrogens (tertiary/aromatic N) is 1. The highest BCUT2D eigenvalue weighted by atomic mass is 32.2. The Kier molecular flexibility index (Phi) is 5.43. The molecule has 4 rings (SSSR count). The third-order valence-electron chi connectivity index (χ3n) is 4.49. The third-order valence-corrected chi connectivity index (χ3v) is 5.36. The monoisotopic (exact) mass is 392 g/mol. The largest absolute Gasteiger partial charge is 0.356 e. The van der Waals surface area contributed by atoms with E-state index in [1.165, 1.54) is 11.8 Å². The van der Waals surface area contributed by atoms with Gasteiger partial charge in [-0.3, -0.25) is 9.59 Å². The van der Waals surface area contributed by atoms with Gasteiger partial charge < -0.3 is 15.6 Å². The summed E-state index contributed by atoms with van der Waals surface area (Å²) in [5.41, 5.74) is 4.25. The van der Waals surface area contributed by atoms with Gasteiger partial charge in [0, 0.05) is 22.6 Å². The molecule has 1 aliphatic carbocycles. The van der Waals surface area contributed by atoms with Gasteiger partial charge in [0.15, 0.2) is 5.16 Å². The van der Waals surface area contributed by atoms with E-state index in [1.807, 2.05) is 54.6 Å². The predicted molar refractivity (Wildman–Crippen MR) is 112 cm³/mol. The molecule has 0 spiro atoms. The summed E-state index contributed by atoms with van der Waals surface area (Å²) in [6.45, 7) is 0. The number of aromatic nitrogens is 2. The second-order valence-corrected chi connectivity index (χ2v) is 7.52. The van der Waals surface area contributed by atoms with Crippen LogP contribution in [0.2, 0.25) is 0 Å². The number of carbonyl (C=O) groups is 1. The van der Waals surface area contributed by atoms with E-state index < -0.39 is 0 Å². The Bertz CT molecular complexity index is 1030. The number of thioether (sulfide) groups is 1. The first-order valence-corrected chi connectivity index (χ1v) is 10.1. The molecular formula is C21H20N4O2S. The van der Waals surface area contributed by atoms with Gasteiger partial charge in [-0.15, -0.1) is 0 Å². The van der Waals surface area contributed by atoms with Gasteiger partial charge in [-0.25, -0.2) is 4.98 Å². The zero-order valence-corrected chi connectivity index (χ0v) is 16.0. The Morgan fingerprint density at radius 1 is 1.00 bits per heavy atom. The van der Waals surface area contributed by atoms with E-state index in [2.05, 4.69) is 20.6 Å². The van der Waals surface area contributed by atoms with E-state index in [9.17, 15) is 9.59 Å². The molecule has 0 aliphatic heterocycles. The van der Waals surface area contributed by atoms with Crippen LogP contribution in [-0.2, 0) is 17.6 Å². The van der Waals surface area contributed by atoms with E-state index in [1.54, 1.807) is 0 Å². The van der Waals surface area contributed by atoms with Crippen molar-refractivity contribution in [3.63, 3.8) is 0 Å². The number of fused-ring (bicyclic) bond motifs is 1. The molecule has 6 nitrogen and oxygen atoms in total.